The summed E-state index contributed by atoms with van der Waals surface area (Å²) in [6.07, 6.45) is 6.08. The lowest BCUT2D eigenvalue weighted by Crippen LogP contribution is -2.49. The minimum absolute atomic E-state index is 0.0510. The molecule has 0 bridgehead atoms. The lowest BCUT2D eigenvalue weighted by molar-refractivity contribution is -0.122. The van der Waals surface area contributed by atoms with Gasteiger partial charge in [0.1, 0.15) is 5.84 Å². The highest BCUT2D eigenvalue weighted by Gasteiger charge is 2.17. The van der Waals surface area contributed by atoms with Crippen LogP contribution in [-0.4, -0.2) is 47.2 Å². The van der Waals surface area contributed by atoms with E-state index in [0.717, 1.165) is 5.69 Å². The molecule has 2 aromatic rings. The lowest BCUT2D eigenvalue weighted by Gasteiger charge is -2.27. The molecular weight excluding hydrogens is 416 g/mol. The van der Waals surface area contributed by atoms with Crippen LogP contribution in [0.3, 0.4) is 0 Å². The van der Waals surface area contributed by atoms with E-state index in [1.807, 2.05) is 17.0 Å². The average Bonchev–Trinajstić information content (AvgIpc) is 2.77. The molecule has 2 amide bonds. The van der Waals surface area contributed by atoms with Gasteiger partial charge in [0, 0.05) is 36.2 Å². The zero-order chi connectivity index (χ0) is 22.2. The molecule has 0 unspecified atom stereocenters. The smallest absolute Gasteiger partial charge is 0.257 e. The minimum Gasteiger partial charge on any atom is -0.353 e. The largest absolute Gasteiger partial charge is 0.353 e. The molecule has 8 nitrogen and oxygen atoms in total. The highest BCUT2D eigenvalue weighted by Crippen LogP contribution is 2.25. The number of aliphatic imine (C=N–C) groups is 1. The van der Waals surface area contributed by atoms with E-state index in [2.05, 4.69) is 32.5 Å². The van der Waals surface area contributed by atoms with Crippen LogP contribution in [0.15, 0.2) is 72.1 Å². The molecule has 1 fully saturated rings. The van der Waals surface area contributed by atoms with Crippen LogP contribution in [0.4, 0.5) is 17.1 Å². The predicted octanol–water partition coefficient (Wildman–Crippen LogP) is 3.34. The normalized spacial score (nSPS) is 14.6. The van der Waals surface area contributed by atoms with Crippen LogP contribution in [0.5, 0.6) is 0 Å². The Morgan fingerprint density at radius 3 is 2.77 bits per heavy atom. The van der Waals surface area contributed by atoms with E-state index in [1.54, 1.807) is 37.5 Å². The molecule has 31 heavy (non-hydrogen) atoms. The predicted molar refractivity (Wildman–Crippen MR) is 124 cm³/mol. The second kappa shape index (κ2) is 10.4. The Kier molecular flexibility index (Phi) is 7.40. The maximum atomic E-state index is 12.8. The van der Waals surface area contributed by atoms with Crippen LogP contribution in [-0.2, 0) is 9.59 Å². The summed E-state index contributed by atoms with van der Waals surface area (Å²) in [5.41, 5.74) is 2.27. The molecule has 2 heterocycles. The topological polar surface area (TPSA) is 98.7 Å². The molecule has 9 heteroatoms. The second-order valence-electron chi connectivity index (χ2n) is 6.74. The van der Waals surface area contributed by atoms with Crippen molar-refractivity contribution in [1.82, 2.24) is 15.2 Å². The number of benzene rings is 1. The Hall–Kier alpha value is -3.65. The lowest BCUT2D eigenvalue weighted by atomic mass is 10.2. The number of amidine groups is 1. The number of hydrogen-bond acceptors (Lipinski definition) is 5. The van der Waals surface area contributed by atoms with Crippen LogP contribution in [0.1, 0.15) is 6.92 Å². The number of hydrogen-bond donors (Lipinski definition) is 3. The first-order valence-corrected chi connectivity index (χ1v) is 10.0. The first-order chi connectivity index (χ1) is 15.0. The third-order valence-corrected chi connectivity index (χ3v) is 4.81. The zero-order valence-corrected chi connectivity index (χ0v) is 17.8. The van der Waals surface area contributed by atoms with E-state index < -0.39 is 0 Å². The highest BCUT2D eigenvalue weighted by atomic mass is 35.5. The number of anilines is 3. The Morgan fingerprint density at radius 1 is 1.29 bits per heavy atom. The number of pyridine rings is 1. The van der Waals surface area contributed by atoms with Crippen molar-refractivity contribution in [2.45, 2.75) is 6.92 Å². The van der Waals surface area contributed by atoms with Gasteiger partial charge in [0.15, 0.2) is 0 Å². The molecule has 1 aromatic heterocycles. The standard InChI is InChI=1S/C22H23ClN6O2/c1-3-16(12-26-15(2)29-11-10-25-21(30)14-29)22(31)28-19-8-9-24-13-20(19)27-18-6-4-17(23)5-7-18/h3-9,12-13,27H,1,10-11,14H2,2H3,(H,25,30)(H,24,28,31)/b16-12+,26-15?. The summed E-state index contributed by atoms with van der Waals surface area (Å²) in [7, 11) is 0. The van der Waals surface area contributed by atoms with Gasteiger partial charge in [-0.15, -0.1) is 0 Å². The van der Waals surface area contributed by atoms with Crippen LogP contribution >= 0.6 is 11.6 Å². The van der Waals surface area contributed by atoms with Crippen LogP contribution < -0.4 is 16.0 Å². The van der Waals surface area contributed by atoms with Gasteiger partial charge >= 0.3 is 0 Å². The Morgan fingerprint density at radius 2 is 2.06 bits per heavy atom. The van der Waals surface area contributed by atoms with E-state index in [1.165, 1.54) is 12.3 Å². The van der Waals surface area contributed by atoms with Crippen molar-refractivity contribution in [2.75, 3.05) is 30.3 Å². The SMILES string of the molecule is C=C/C(=C\N=C(C)N1CCNC(=O)C1)C(=O)Nc1ccncc1Nc1ccc(Cl)cc1. The molecule has 160 valence electrons. The average molecular weight is 439 g/mol. The van der Waals surface area contributed by atoms with E-state index in [0.29, 0.717) is 35.3 Å². The molecule has 3 N–H and O–H groups in total. The van der Waals surface area contributed by atoms with Crippen molar-refractivity contribution in [3.63, 3.8) is 0 Å². The number of aromatic nitrogens is 1. The molecule has 0 spiro atoms. The Labute approximate surface area is 185 Å². The molecule has 0 aliphatic carbocycles. The highest BCUT2D eigenvalue weighted by molar-refractivity contribution is 6.30. The molecule has 0 atom stereocenters. The Bertz CT molecular complexity index is 1030. The van der Waals surface area contributed by atoms with Gasteiger partial charge < -0.3 is 20.9 Å². The maximum Gasteiger partial charge on any atom is 0.257 e. The van der Waals surface area contributed by atoms with E-state index in [9.17, 15) is 9.59 Å². The number of piperazine rings is 1. The zero-order valence-electron chi connectivity index (χ0n) is 17.1. The van der Waals surface area contributed by atoms with Crippen molar-refractivity contribution in [2.24, 2.45) is 4.99 Å². The van der Waals surface area contributed by atoms with Crippen molar-refractivity contribution in [3.05, 3.63) is 72.2 Å². The van der Waals surface area contributed by atoms with Gasteiger partial charge in [0.2, 0.25) is 5.91 Å². The van der Waals surface area contributed by atoms with E-state index >= 15 is 0 Å². The summed E-state index contributed by atoms with van der Waals surface area (Å²) in [6, 6.07) is 8.88. The quantitative estimate of drug-likeness (QED) is 0.278. The van der Waals surface area contributed by atoms with Crippen LogP contribution in [0.2, 0.25) is 5.02 Å². The van der Waals surface area contributed by atoms with Crippen LogP contribution in [0.25, 0.3) is 0 Å². The van der Waals surface area contributed by atoms with Gasteiger partial charge in [-0.2, -0.15) is 0 Å². The molecule has 0 saturated carbocycles. The third-order valence-electron chi connectivity index (χ3n) is 4.56. The summed E-state index contributed by atoms with van der Waals surface area (Å²) in [6.45, 7) is 6.98. The molecular formula is C22H23ClN6O2. The van der Waals surface area contributed by atoms with Crippen molar-refractivity contribution < 1.29 is 9.59 Å². The van der Waals surface area contributed by atoms with Gasteiger partial charge in [-0.25, -0.2) is 4.99 Å². The van der Waals surface area contributed by atoms with E-state index in [4.69, 9.17) is 11.6 Å². The molecule has 1 aliphatic heterocycles. The van der Waals surface area contributed by atoms with Gasteiger partial charge in [-0.3, -0.25) is 14.6 Å². The first-order valence-electron chi connectivity index (χ1n) is 9.63. The summed E-state index contributed by atoms with van der Waals surface area (Å²) >= 11 is 5.93. The number of halogens is 1. The monoisotopic (exact) mass is 438 g/mol. The van der Waals surface area contributed by atoms with Gasteiger partial charge in [0.05, 0.1) is 29.7 Å². The summed E-state index contributed by atoms with van der Waals surface area (Å²) in [5.74, 6) is 0.231. The number of amides is 2. The summed E-state index contributed by atoms with van der Waals surface area (Å²) in [5, 5.41) is 9.45. The number of carbonyl (C=O) groups is 2. The fraction of sp³-hybridized carbons (Fsp3) is 0.182. The summed E-state index contributed by atoms with van der Waals surface area (Å²) < 4.78 is 0. The molecule has 1 aromatic carbocycles. The fourth-order valence-corrected chi connectivity index (χ4v) is 2.98. The van der Waals surface area contributed by atoms with Gasteiger partial charge in [-0.1, -0.05) is 24.3 Å². The number of nitrogens with zero attached hydrogens (tertiary/aromatic N) is 3. The van der Waals surface area contributed by atoms with Crippen molar-refractivity contribution in [3.8, 4) is 0 Å². The van der Waals surface area contributed by atoms with Crippen molar-refractivity contribution in [1.29, 1.82) is 0 Å². The van der Waals surface area contributed by atoms with Crippen molar-refractivity contribution >= 4 is 46.3 Å². The maximum absolute atomic E-state index is 12.8. The number of nitrogens with one attached hydrogen (secondary N) is 3. The minimum atomic E-state index is -0.367. The second-order valence-corrected chi connectivity index (χ2v) is 7.18. The third kappa shape index (κ3) is 6.16. The van der Waals surface area contributed by atoms with Gasteiger partial charge in [0.25, 0.3) is 5.91 Å². The first kappa shape index (κ1) is 22.0. The molecule has 3 rings (SSSR count). The number of rotatable bonds is 6. The summed E-state index contributed by atoms with van der Waals surface area (Å²) in [4.78, 5) is 34.6. The van der Waals surface area contributed by atoms with E-state index in [-0.39, 0.29) is 23.9 Å². The Balaban J connectivity index is 1.72. The van der Waals surface area contributed by atoms with Crippen LogP contribution in [0, 0.1) is 0 Å². The number of carbonyl (C=O) groups excluding carboxylic acids is 2. The molecule has 0 radical (unpaired) electrons. The molecule has 1 saturated heterocycles. The van der Waals surface area contributed by atoms with Gasteiger partial charge in [-0.05, 0) is 37.3 Å². The molecule has 1 aliphatic rings. The fourth-order valence-electron chi connectivity index (χ4n) is 2.85.